The SMILES string of the molecule is CCc1cccc(NC(=O)c2ccc3c(c2)CCN3S(C)(=O)=O)c1. The minimum Gasteiger partial charge on any atom is -0.322 e. The van der Waals surface area contributed by atoms with Crippen molar-refractivity contribution >= 4 is 27.3 Å². The van der Waals surface area contributed by atoms with Gasteiger partial charge in [-0.25, -0.2) is 8.42 Å². The smallest absolute Gasteiger partial charge is 0.255 e. The van der Waals surface area contributed by atoms with Gasteiger partial charge in [0.2, 0.25) is 10.0 Å². The number of nitrogens with one attached hydrogen (secondary N) is 1. The lowest BCUT2D eigenvalue weighted by molar-refractivity contribution is 0.102. The Balaban J connectivity index is 1.82. The predicted molar refractivity (Wildman–Crippen MR) is 96.1 cm³/mol. The number of fused-ring (bicyclic) bond motifs is 1. The zero-order valence-corrected chi connectivity index (χ0v) is 14.6. The number of benzene rings is 2. The third-order valence-corrected chi connectivity index (χ3v) is 5.37. The molecule has 3 rings (SSSR count). The number of nitrogens with zero attached hydrogens (tertiary/aromatic N) is 1. The van der Waals surface area contributed by atoms with E-state index >= 15 is 0 Å². The summed E-state index contributed by atoms with van der Waals surface area (Å²) in [6, 6.07) is 12.9. The van der Waals surface area contributed by atoms with E-state index in [-0.39, 0.29) is 5.91 Å². The van der Waals surface area contributed by atoms with Crippen LogP contribution >= 0.6 is 0 Å². The quantitative estimate of drug-likeness (QED) is 0.927. The van der Waals surface area contributed by atoms with Gasteiger partial charge in [0.05, 0.1) is 11.9 Å². The van der Waals surface area contributed by atoms with Crippen LogP contribution in [0.15, 0.2) is 42.5 Å². The van der Waals surface area contributed by atoms with Crippen molar-refractivity contribution in [1.82, 2.24) is 0 Å². The molecule has 6 heteroatoms. The summed E-state index contributed by atoms with van der Waals surface area (Å²) in [5, 5.41) is 2.89. The number of hydrogen-bond donors (Lipinski definition) is 1. The summed E-state index contributed by atoms with van der Waals surface area (Å²) in [5.41, 5.74) is 4.01. The highest BCUT2D eigenvalue weighted by molar-refractivity contribution is 7.92. The van der Waals surface area contributed by atoms with Crippen LogP contribution in [0.5, 0.6) is 0 Å². The molecule has 0 bridgehead atoms. The molecule has 1 aliphatic rings. The molecular formula is C18H20N2O3S. The van der Waals surface area contributed by atoms with Gasteiger partial charge in [-0.3, -0.25) is 9.10 Å². The zero-order valence-electron chi connectivity index (χ0n) is 13.7. The Bertz CT molecular complexity index is 891. The minimum atomic E-state index is -3.27. The second-order valence-electron chi connectivity index (χ2n) is 5.94. The number of rotatable bonds is 4. The van der Waals surface area contributed by atoms with E-state index in [1.54, 1.807) is 18.2 Å². The first kappa shape index (κ1) is 16.5. The molecular weight excluding hydrogens is 324 g/mol. The summed E-state index contributed by atoms with van der Waals surface area (Å²) < 4.78 is 24.9. The average Bonchev–Trinajstić information content (AvgIpc) is 2.98. The second kappa shape index (κ2) is 6.28. The molecule has 0 fully saturated rings. The maximum Gasteiger partial charge on any atom is 0.255 e. The van der Waals surface area contributed by atoms with Gasteiger partial charge in [-0.2, -0.15) is 0 Å². The van der Waals surface area contributed by atoms with E-state index in [0.717, 1.165) is 23.2 Å². The van der Waals surface area contributed by atoms with E-state index in [0.29, 0.717) is 24.2 Å². The summed E-state index contributed by atoms with van der Waals surface area (Å²) in [7, 11) is -3.27. The molecule has 2 aromatic carbocycles. The minimum absolute atomic E-state index is 0.191. The Morgan fingerprint density at radius 1 is 1.21 bits per heavy atom. The molecule has 1 aliphatic heterocycles. The summed E-state index contributed by atoms with van der Waals surface area (Å²) in [6.07, 6.45) is 2.72. The standard InChI is InChI=1S/C18H20N2O3S/c1-3-13-5-4-6-16(11-13)19-18(21)15-7-8-17-14(12-15)9-10-20(17)24(2,22)23/h4-8,11-12H,3,9-10H2,1-2H3,(H,19,21). The molecule has 0 aliphatic carbocycles. The number of sulfonamides is 1. The fourth-order valence-electron chi connectivity index (χ4n) is 2.93. The van der Waals surface area contributed by atoms with Crippen molar-refractivity contribution in [3.8, 4) is 0 Å². The van der Waals surface area contributed by atoms with Crippen LogP contribution in [0.4, 0.5) is 11.4 Å². The number of hydrogen-bond acceptors (Lipinski definition) is 3. The lowest BCUT2D eigenvalue weighted by Gasteiger charge is -2.16. The topological polar surface area (TPSA) is 66.5 Å². The van der Waals surface area contributed by atoms with Crippen molar-refractivity contribution in [2.75, 3.05) is 22.4 Å². The molecule has 0 spiro atoms. The maximum absolute atomic E-state index is 12.4. The van der Waals surface area contributed by atoms with Crippen LogP contribution in [0.1, 0.15) is 28.4 Å². The molecule has 2 aromatic rings. The summed E-state index contributed by atoms with van der Waals surface area (Å²) in [4.78, 5) is 12.4. The monoisotopic (exact) mass is 344 g/mol. The first-order chi connectivity index (χ1) is 11.4. The summed E-state index contributed by atoms with van der Waals surface area (Å²) >= 11 is 0. The number of aryl methyl sites for hydroxylation is 1. The van der Waals surface area contributed by atoms with Crippen LogP contribution in [0.2, 0.25) is 0 Å². The van der Waals surface area contributed by atoms with E-state index in [4.69, 9.17) is 0 Å². The molecule has 0 atom stereocenters. The average molecular weight is 344 g/mol. The van der Waals surface area contributed by atoms with Gasteiger partial charge in [-0.15, -0.1) is 0 Å². The molecule has 0 radical (unpaired) electrons. The van der Waals surface area contributed by atoms with E-state index < -0.39 is 10.0 Å². The summed E-state index contributed by atoms with van der Waals surface area (Å²) in [6.45, 7) is 2.49. The highest BCUT2D eigenvalue weighted by Crippen LogP contribution is 2.30. The molecule has 1 N–H and O–H groups in total. The molecule has 1 amide bonds. The Hall–Kier alpha value is -2.34. The van der Waals surface area contributed by atoms with Crippen molar-refractivity contribution < 1.29 is 13.2 Å². The Kier molecular flexibility index (Phi) is 4.32. The lowest BCUT2D eigenvalue weighted by atomic mass is 10.1. The Labute approximate surface area is 142 Å². The van der Waals surface area contributed by atoms with Gasteiger partial charge in [0.15, 0.2) is 0 Å². The van der Waals surface area contributed by atoms with E-state index in [2.05, 4.69) is 12.2 Å². The highest BCUT2D eigenvalue weighted by Gasteiger charge is 2.26. The van der Waals surface area contributed by atoms with Gasteiger partial charge in [-0.05, 0) is 54.3 Å². The number of carbonyl (C=O) groups is 1. The molecule has 0 aromatic heterocycles. The first-order valence-electron chi connectivity index (χ1n) is 7.89. The van der Waals surface area contributed by atoms with Crippen LogP contribution < -0.4 is 9.62 Å². The fraction of sp³-hybridized carbons (Fsp3) is 0.278. The van der Waals surface area contributed by atoms with Gasteiger partial charge >= 0.3 is 0 Å². The third-order valence-electron chi connectivity index (χ3n) is 4.19. The van der Waals surface area contributed by atoms with Crippen molar-refractivity contribution in [3.05, 3.63) is 59.2 Å². The van der Waals surface area contributed by atoms with Crippen LogP contribution in [0, 0.1) is 0 Å². The number of amides is 1. The molecule has 0 saturated carbocycles. The van der Waals surface area contributed by atoms with Crippen molar-refractivity contribution in [1.29, 1.82) is 0 Å². The molecule has 126 valence electrons. The Morgan fingerprint density at radius 2 is 2.00 bits per heavy atom. The molecule has 0 unspecified atom stereocenters. The first-order valence-corrected chi connectivity index (χ1v) is 9.74. The summed E-state index contributed by atoms with van der Waals surface area (Å²) in [5.74, 6) is -0.191. The van der Waals surface area contributed by atoms with Crippen molar-refractivity contribution in [2.45, 2.75) is 19.8 Å². The normalized spacial score (nSPS) is 13.7. The number of anilines is 2. The van der Waals surface area contributed by atoms with Crippen LogP contribution in [0.3, 0.4) is 0 Å². The molecule has 5 nitrogen and oxygen atoms in total. The van der Waals surface area contributed by atoms with Crippen molar-refractivity contribution in [2.24, 2.45) is 0 Å². The second-order valence-corrected chi connectivity index (χ2v) is 7.84. The van der Waals surface area contributed by atoms with Gasteiger partial charge in [0.25, 0.3) is 5.91 Å². The lowest BCUT2D eigenvalue weighted by Crippen LogP contribution is -2.27. The van der Waals surface area contributed by atoms with Gasteiger partial charge in [0.1, 0.15) is 0 Å². The van der Waals surface area contributed by atoms with E-state index in [1.807, 2.05) is 24.3 Å². The van der Waals surface area contributed by atoms with Crippen LogP contribution in [0.25, 0.3) is 0 Å². The van der Waals surface area contributed by atoms with Crippen LogP contribution in [-0.2, 0) is 22.9 Å². The van der Waals surface area contributed by atoms with E-state index in [9.17, 15) is 13.2 Å². The zero-order chi connectivity index (χ0) is 17.3. The van der Waals surface area contributed by atoms with Gasteiger partial charge in [0, 0.05) is 17.8 Å². The predicted octanol–water partition coefficient (Wildman–Crippen LogP) is 2.82. The maximum atomic E-state index is 12.4. The Morgan fingerprint density at radius 3 is 2.71 bits per heavy atom. The molecule has 0 saturated heterocycles. The third kappa shape index (κ3) is 3.28. The highest BCUT2D eigenvalue weighted by atomic mass is 32.2. The van der Waals surface area contributed by atoms with Gasteiger partial charge < -0.3 is 5.32 Å². The molecule has 1 heterocycles. The fourth-order valence-corrected chi connectivity index (χ4v) is 3.89. The molecule has 24 heavy (non-hydrogen) atoms. The van der Waals surface area contributed by atoms with E-state index in [1.165, 1.54) is 10.6 Å². The van der Waals surface area contributed by atoms with Crippen molar-refractivity contribution in [3.63, 3.8) is 0 Å². The largest absolute Gasteiger partial charge is 0.322 e. The van der Waals surface area contributed by atoms with Gasteiger partial charge in [-0.1, -0.05) is 19.1 Å². The van der Waals surface area contributed by atoms with Crippen LogP contribution in [-0.4, -0.2) is 27.1 Å². The number of carbonyl (C=O) groups excluding carboxylic acids is 1.